The first kappa shape index (κ1) is 21.3. The van der Waals surface area contributed by atoms with E-state index in [4.69, 9.17) is 4.74 Å². The number of para-hydroxylation sites is 1. The Morgan fingerprint density at radius 3 is 2.50 bits per heavy atom. The van der Waals surface area contributed by atoms with Gasteiger partial charge < -0.3 is 4.74 Å². The van der Waals surface area contributed by atoms with E-state index < -0.39 is 12.0 Å². The van der Waals surface area contributed by atoms with Crippen molar-refractivity contribution in [2.75, 3.05) is 6.54 Å². The third-order valence-corrected chi connectivity index (χ3v) is 3.87. The van der Waals surface area contributed by atoms with E-state index in [9.17, 15) is 25.0 Å². The van der Waals surface area contributed by atoms with Crippen molar-refractivity contribution < 1.29 is 19.4 Å². The number of hydrogen-bond acceptors (Lipinski definition) is 6. The van der Waals surface area contributed by atoms with Gasteiger partial charge in [0.05, 0.1) is 0 Å². The summed E-state index contributed by atoms with van der Waals surface area (Å²) in [5.74, 6) is -0.197. The zero-order valence-corrected chi connectivity index (χ0v) is 14.8. The standard InChI is InChI=1S/C18H24N2O6/c1-2-9-18(21)26-17-12-7-6-10-15(17)14-16(20(24)25)11-5-3-4-8-13-19(22)23/h2,6-7,9-10,12,16H,3-5,8,11,13-14H2,1H3. The minimum absolute atomic E-state index is 0.0659. The highest BCUT2D eigenvalue weighted by molar-refractivity contribution is 5.84. The number of esters is 1. The van der Waals surface area contributed by atoms with Crippen LogP contribution in [-0.4, -0.2) is 28.4 Å². The fourth-order valence-electron chi connectivity index (χ4n) is 2.56. The molecule has 0 amide bonds. The smallest absolute Gasteiger partial charge is 0.335 e. The van der Waals surface area contributed by atoms with E-state index >= 15 is 0 Å². The molecule has 0 heterocycles. The molecule has 0 spiro atoms. The summed E-state index contributed by atoms with van der Waals surface area (Å²) in [6.07, 6.45) is 5.91. The molecule has 0 aliphatic heterocycles. The van der Waals surface area contributed by atoms with Gasteiger partial charge in [-0.15, -0.1) is 0 Å². The lowest BCUT2D eigenvalue weighted by molar-refractivity contribution is -0.523. The molecule has 1 unspecified atom stereocenters. The van der Waals surface area contributed by atoms with Crippen LogP contribution in [0.4, 0.5) is 0 Å². The minimum atomic E-state index is -0.785. The van der Waals surface area contributed by atoms with Crippen LogP contribution >= 0.6 is 0 Å². The first-order valence-electron chi connectivity index (χ1n) is 8.61. The number of unbranched alkanes of at least 4 members (excludes halogenated alkanes) is 3. The van der Waals surface area contributed by atoms with Crippen LogP contribution in [0.2, 0.25) is 0 Å². The van der Waals surface area contributed by atoms with E-state index in [0.29, 0.717) is 37.0 Å². The van der Waals surface area contributed by atoms with Gasteiger partial charge in [0.2, 0.25) is 12.6 Å². The Morgan fingerprint density at radius 2 is 1.85 bits per heavy atom. The quantitative estimate of drug-likeness (QED) is 0.140. The van der Waals surface area contributed by atoms with Crippen LogP contribution in [0.3, 0.4) is 0 Å². The van der Waals surface area contributed by atoms with E-state index in [1.54, 1.807) is 37.3 Å². The van der Waals surface area contributed by atoms with Gasteiger partial charge in [-0.2, -0.15) is 0 Å². The molecule has 0 saturated heterocycles. The van der Waals surface area contributed by atoms with Crippen LogP contribution in [0.25, 0.3) is 0 Å². The SMILES string of the molecule is CC=CC(=O)Oc1ccccc1CC(CCCCCC[N+](=O)[O-])[N+](=O)[O-]. The predicted molar refractivity (Wildman–Crippen MR) is 96.3 cm³/mol. The minimum Gasteiger partial charge on any atom is -0.423 e. The zero-order chi connectivity index (χ0) is 19.4. The summed E-state index contributed by atoms with van der Waals surface area (Å²) in [5.41, 5.74) is 0.611. The molecule has 1 atom stereocenters. The number of ether oxygens (including phenoxy) is 1. The van der Waals surface area contributed by atoms with Crippen LogP contribution in [0, 0.1) is 20.2 Å². The second-order valence-corrected chi connectivity index (χ2v) is 5.93. The Morgan fingerprint density at radius 1 is 1.15 bits per heavy atom. The molecule has 8 nitrogen and oxygen atoms in total. The molecule has 26 heavy (non-hydrogen) atoms. The Balaban J connectivity index is 2.60. The maximum atomic E-state index is 11.6. The molecule has 0 aromatic heterocycles. The van der Waals surface area contributed by atoms with Gasteiger partial charge in [-0.05, 0) is 25.8 Å². The van der Waals surface area contributed by atoms with Crippen molar-refractivity contribution in [3.63, 3.8) is 0 Å². The largest absolute Gasteiger partial charge is 0.423 e. The number of carbonyl (C=O) groups is 1. The summed E-state index contributed by atoms with van der Waals surface area (Å²) < 4.78 is 5.23. The maximum Gasteiger partial charge on any atom is 0.335 e. The molecule has 0 aliphatic rings. The molecule has 8 heteroatoms. The first-order chi connectivity index (χ1) is 12.4. The Labute approximate surface area is 152 Å². The molecule has 1 aromatic rings. The lowest BCUT2D eigenvalue weighted by atomic mass is 10.00. The summed E-state index contributed by atoms with van der Waals surface area (Å²) in [4.78, 5) is 32.5. The summed E-state index contributed by atoms with van der Waals surface area (Å²) >= 11 is 0. The van der Waals surface area contributed by atoms with Crippen molar-refractivity contribution in [1.29, 1.82) is 0 Å². The van der Waals surface area contributed by atoms with Crippen molar-refractivity contribution in [3.05, 3.63) is 62.2 Å². The Kier molecular flexibility index (Phi) is 9.59. The van der Waals surface area contributed by atoms with E-state index in [2.05, 4.69) is 0 Å². The molecule has 1 rings (SSSR count). The van der Waals surface area contributed by atoms with Crippen LogP contribution < -0.4 is 4.74 Å². The van der Waals surface area contributed by atoms with Crippen LogP contribution in [0.1, 0.15) is 44.6 Å². The molecular weight excluding hydrogens is 340 g/mol. The van der Waals surface area contributed by atoms with Crippen LogP contribution in [0.5, 0.6) is 5.75 Å². The Bertz CT molecular complexity index is 644. The van der Waals surface area contributed by atoms with Crippen molar-refractivity contribution >= 4 is 5.97 Å². The number of rotatable bonds is 12. The van der Waals surface area contributed by atoms with E-state index in [1.165, 1.54) is 6.08 Å². The second kappa shape index (κ2) is 11.7. The number of benzene rings is 1. The number of carbonyl (C=O) groups excluding carboxylic acids is 1. The monoisotopic (exact) mass is 364 g/mol. The fourth-order valence-corrected chi connectivity index (χ4v) is 2.56. The van der Waals surface area contributed by atoms with Crippen molar-refractivity contribution in [1.82, 2.24) is 0 Å². The van der Waals surface area contributed by atoms with Crippen LogP contribution in [-0.2, 0) is 11.2 Å². The molecule has 0 radical (unpaired) electrons. The normalized spacial score (nSPS) is 12.0. The van der Waals surface area contributed by atoms with Gasteiger partial charge in [0, 0.05) is 40.7 Å². The van der Waals surface area contributed by atoms with Crippen LogP contribution in [0.15, 0.2) is 36.4 Å². The molecular formula is C18H24N2O6. The molecule has 0 N–H and O–H groups in total. The highest BCUT2D eigenvalue weighted by Crippen LogP contribution is 2.22. The van der Waals surface area contributed by atoms with Gasteiger partial charge in [0.1, 0.15) is 5.75 Å². The molecule has 0 aliphatic carbocycles. The molecule has 0 bridgehead atoms. The summed E-state index contributed by atoms with van der Waals surface area (Å²) in [6.45, 7) is 1.63. The Hall–Kier alpha value is -2.77. The number of hydrogen-bond donors (Lipinski definition) is 0. The van der Waals surface area contributed by atoms with E-state index in [-0.39, 0.29) is 22.8 Å². The highest BCUT2D eigenvalue weighted by atomic mass is 16.6. The third kappa shape index (κ3) is 8.36. The fraction of sp³-hybridized carbons (Fsp3) is 0.500. The number of allylic oxidation sites excluding steroid dienone is 1. The van der Waals surface area contributed by atoms with Gasteiger partial charge in [-0.25, -0.2) is 4.79 Å². The van der Waals surface area contributed by atoms with E-state index in [0.717, 1.165) is 6.42 Å². The van der Waals surface area contributed by atoms with Gasteiger partial charge in [0.15, 0.2) is 0 Å². The van der Waals surface area contributed by atoms with Crippen molar-refractivity contribution in [3.8, 4) is 5.75 Å². The molecule has 1 aromatic carbocycles. The van der Waals surface area contributed by atoms with Gasteiger partial charge >= 0.3 is 5.97 Å². The van der Waals surface area contributed by atoms with Gasteiger partial charge in [-0.1, -0.05) is 30.7 Å². The molecule has 142 valence electrons. The van der Waals surface area contributed by atoms with Crippen molar-refractivity contribution in [2.24, 2.45) is 0 Å². The highest BCUT2D eigenvalue weighted by Gasteiger charge is 2.22. The summed E-state index contributed by atoms with van der Waals surface area (Å²) in [5, 5.41) is 21.6. The number of nitrogens with zero attached hydrogens (tertiary/aromatic N) is 2. The summed E-state index contributed by atoms with van der Waals surface area (Å²) in [6, 6.07) is 6.00. The third-order valence-electron chi connectivity index (χ3n) is 3.87. The van der Waals surface area contributed by atoms with Crippen molar-refractivity contribution in [2.45, 2.75) is 51.5 Å². The average molecular weight is 364 g/mol. The topological polar surface area (TPSA) is 113 Å². The predicted octanol–water partition coefficient (Wildman–Crippen LogP) is 3.58. The first-order valence-corrected chi connectivity index (χ1v) is 8.61. The zero-order valence-electron chi connectivity index (χ0n) is 14.8. The molecule has 0 fully saturated rings. The van der Waals surface area contributed by atoms with E-state index in [1.807, 2.05) is 0 Å². The number of nitro groups is 2. The average Bonchev–Trinajstić information content (AvgIpc) is 2.58. The van der Waals surface area contributed by atoms with Gasteiger partial charge in [-0.3, -0.25) is 20.2 Å². The lowest BCUT2D eigenvalue weighted by Crippen LogP contribution is -2.22. The summed E-state index contributed by atoms with van der Waals surface area (Å²) in [7, 11) is 0. The van der Waals surface area contributed by atoms with Gasteiger partial charge in [0.25, 0.3) is 0 Å². The lowest BCUT2D eigenvalue weighted by Gasteiger charge is -2.12. The molecule has 0 saturated carbocycles. The second-order valence-electron chi connectivity index (χ2n) is 5.93. The maximum absolute atomic E-state index is 11.6.